The lowest BCUT2D eigenvalue weighted by Gasteiger charge is -2.04. The molecule has 0 aromatic heterocycles. The molecule has 0 aliphatic heterocycles. The number of hydrogen-bond acceptors (Lipinski definition) is 4. The van der Waals surface area contributed by atoms with Gasteiger partial charge in [-0.05, 0) is 29.9 Å². The van der Waals surface area contributed by atoms with Crippen LogP contribution in [0.5, 0.6) is 0 Å². The van der Waals surface area contributed by atoms with Crippen LogP contribution in [0.25, 0.3) is 0 Å². The van der Waals surface area contributed by atoms with E-state index in [4.69, 9.17) is 5.11 Å². The zero-order valence-corrected chi connectivity index (χ0v) is 11.6. The summed E-state index contributed by atoms with van der Waals surface area (Å²) in [4.78, 5) is 1.07. The van der Waals surface area contributed by atoms with Crippen LogP contribution in [0.3, 0.4) is 0 Å². The van der Waals surface area contributed by atoms with Crippen LogP contribution in [-0.4, -0.2) is 30.8 Å². The number of rotatable bonds is 7. The first-order valence-corrected chi connectivity index (χ1v) is 8.41. The number of aliphatic hydroxyl groups excluding tert-OH is 1. The van der Waals surface area contributed by atoms with Gasteiger partial charge in [0.05, 0.1) is 12.4 Å². The van der Waals surface area contributed by atoms with Crippen LogP contribution in [0.15, 0.2) is 29.2 Å². The summed E-state index contributed by atoms with van der Waals surface area (Å²) in [6, 6.07) is 7.67. The number of sulfone groups is 1. The van der Waals surface area contributed by atoms with Crippen molar-refractivity contribution in [1.82, 2.24) is 0 Å². The van der Waals surface area contributed by atoms with Gasteiger partial charge in [0.15, 0.2) is 0 Å². The Hall–Kier alpha value is -0.520. The Morgan fingerprint density at radius 1 is 1.35 bits per heavy atom. The number of aliphatic hydroxyl groups is 1. The van der Waals surface area contributed by atoms with E-state index in [-0.39, 0.29) is 18.1 Å². The number of hydrogen-bond donors (Lipinski definition) is 1. The molecule has 0 heterocycles. The molecule has 0 radical (unpaired) electrons. The van der Waals surface area contributed by atoms with E-state index in [0.29, 0.717) is 6.42 Å². The largest absolute Gasteiger partial charge is 0.392 e. The Morgan fingerprint density at radius 3 is 2.76 bits per heavy atom. The monoisotopic (exact) mass is 274 g/mol. The maximum absolute atomic E-state index is 11.3. The van der Waals surface area contributed by atoms with Crippen LogP contribution >= 0.6 is 11.8 Å². The van der Waals surface area contributed by atoms with Gasteiger partial charge in [0.2, 0.25) is 0 Å². The predicted molar refractivity (Wildman–Crippen MR) is 72.0 cm³/mol. The van der Waals surface area contributed by atoms with Crippen LogP contribution in [-0.2, 0) is 16.4 Å². The second-order valence-corrected chi connectivity index (χ2v) is 7.38. The lowest BCUT2D eigenvalue weighted by Crippen LogP contribution is -2.09. The van der Waals surface area contributed by atoms with E-state index in [1.54, 1.807) is 18.7 Å². The van der Waals surface area contributed by atoms with E-state index < -0.39 is 9.84 Å². The SMILES string of the molecule is CCS(=O)(=O)CCCSc1cccc(CO)c1. The molecule has 3 nitrogen and oxygen atoms in total. The normalized spacial score (nSPS) is 11.6. The van der Waals surface area contributed by atoms with Gasteiger partial charge >= 0.3 is 0 Å². The molecule has 0 fully saturated rings. The average molecular weight is 274 g/mol. The van der Waals surface area contributed by atoms with E-state index >= 15 is 0 Å². The Kier molecular flexibility index (Phi) is 6.02. The van der Waals surface area contributed by atoms with Crippen LogP contribution < -0.4 is 0 Å². The maximum atomic E-state index is 11.3. The average Bonchev–Trinajstić information content (AvgIpc) is 2.35. The third-order valence-corrected chi connectivity index (χ3v) is 5.26. The minimum absolute atomic E-state index is 0.0403. The molecule has 1 aromatic carbocycles. The first-order valence-electron chi connectivity index (χ1n) is 5.60. The van der Waals surface area contributed by atoms with Crippen LogP contribution in [0.2, 0.25) is 0 Å². The molecule has 0 bridgehead atoms. The summed E-state index contributed by atoms with van der Waals surface area (Å²) in [5, 5.41) is 8.98. The fraction of sp³-hybridized carbons (Fsp3) is 0.500. The van der Waals surface area contributed by atoms with E-state index in [2.05, 4.69) is 0 Å². The molecule has 0 saturated carbocycles. The summed E-state index contributed by atoms with van der Waals surface area (Å²) in [6.07, 6.45) is 0.671. The van der Waals surface area contributed by atoms with Gasteiger partial charge in [-0.15, -0.1) is 11.8 Å². The molecule has 0 amide bonds. The molecule has 0 unspecified atom stereocenters. The Labute approximate surface area is 107 Å². The molecule has 1 aromatic rings. The standard InChI is InChI=1S/C12H18O3S2/c1-2-17(14,15)8-4-7-16-12-6-3-5-11(9-12)10-13/h3,5-6,9,13H,2,4,7-8,10H2,1H3. The minimum Gasteiger partial charge on any atom is -0.392 e. The van der Waals surface area contributed by atoms with Crippen LogP contribution in [0, 0.1) is 0 Å². The zero-order valence-electron chi connectivity index (χ0n) is 9.93. The maximum Gasteiger partial charge on any atom is 0.150 e. The highest BCUT2D eigenvalue weighted by Crippen LogP contribution is 2.20. The molecule has 0 aliphatic carbocycles. The third-order valence-electron chi connectivity index (χ3n) is 2.39. The summed E-state index contributed by atoms with van der Waals surface area (Å²) < 4.78 is 22.5. The molecule has 0 spiro atoms. The Balaban J connectivity index is 2.36. The van der Waals surface area contributed by atoms with Crippen molar-refractivity contribution in [2.75, 3.05) is 17.3 Å². The highest BCUT2D eigenvalue weighted by Gasteiger charge is 2.06. The van der Waals surface area contributed by atoms with Gasteiger partial charge in [-0.25, -0.2) is 8.42 Å². The first kappa shape index (κ1) is 14.5. The van der Waals surface area contributed by atoms with Crippen LogP contribution in [0.1, 0.15) is 18.9 Å². The minimum atomic E-state index is -2.84. The van der Waals surface area contributed by atoms with Gasteiger partial charge in [-0.1, -0.05) is 19.1 Å². The first-order chi connectivity index (χ1) is 8.07. The summed E-state index contributed by atoms with van der Waals surface area (Å²) in [6.45, 7) is 1.71. The molecular formula is C12H18O3S2. The second kappa shape index (κ2) is 7.03. The topological polar surface area (TPSA) is 54.4 Å². The molecule has 0 aliphatic rings. The van der Waals surface area contributed by atoms with Crippen molar-refractivity contribution in [3.8, 4) is 0 Å². The lowest BCUT2D eigenvalue weighted by atomic mass is 10.2. The summed E-state index contributed by atoms with van der Waals surface area (Å²) >= 11 is 1.63. The van der Waals surface area contributed by atoms with Gasteiger partial charge in [0.1, 0.15) is 9.84 Å². The highest BCUT2D eigenvalue weighted by molar-refractivity contribution is 7.99. The fourth-order valence-corrected chi connectivity index (χ4v) is 3.34. The molecule has 1 N–H and O–H groups in total. The van der Waals surface area contributed by atoms with Crippen LogP contribution in [0.4, 0.5) is 0 Å². The number of benzene rings is 1. The van der Waals surface area contributed by atoms with Crippen molar-refractivity contribution in [3.05, 3.63) is 29.8 Å². The molecule has 5 heteroatoms. The van der Waals surface area contributed by atoms with Crippen molar-refractivity contribution in [1.29, 1.82) is 0 Å². The molecule has 0 atom stereocenters. The summed E-state index contributed by atoms with van der Waals surface area (Å²) in [5.41, 5.74) is 0.885. The van der Waals surface area contributed by atoms with Crippen molar-refractivity contribution < 1.29 is 13.5 Å². The number of thioether (sulfide) groups is 1. The fourth-order valence-electron chi connectivity index (χ4n) is 1.35. The second-order valence-electron chi connectivity index (χ2n) is 3.74. The molecule has 1 rings (SSSR count). The zero-order chi connectivity index (χ0) is 12.7. The Morgan fingerprint density at radius 2 is 2.12 bits per heavy atom. The van der Waals surface area contributed by atoms with Gasteiger partial charge < -0.3 is 5.11 Å². The quantitative estimate of drug-likeness (QED) is 0.611. The van der Waals surface area contributed by atoms with E-state index in [1.807, 2.05) is 24.3 Å². The van der Waals surface area contributed by atoms with Gasteiger partial charge in [0, 0.05) is 10.6 Å². The summed E-state index contributed by atoms with van der Waals surface area (Å²) in [7, 11) is -2.84. The summed E-state index contributed by atoms with van der Waals surface area (Å²) in [5.74, 6) is 1.27. The van der Waals surface area contributed by atoms with Gasteiger partial charge in [-0.2, -0.15) is 0 Å². The molecule has 0 saturated heterocycles. The van der Waals surface area contributed by atoms with Crippen molar-refractivity contribution >= 4 is 21.6 Å². The van der Waals surface area contributed by atoms with Gasteiger partial charge in [-0.3, -0.25) is 0 Å². The van der Waals surface area contributed by atoms with Crippen molar-refractivity contribution in [2.45, 2.75) is 24.8 Å². The van der Waals surface area contributed by atoms with E-state index in [9.17, 15) is 8.42 Å². The molecule has 96 valence electrons. The smallest absolute Gasteiger partial charge is 0.150 e. The van der Waals surface area contributed by atoms with E-state index in [1.165, 1.54) is 0 Å². The predicted octanol–water partition coefficient (Wildman–Crippen LogP) is 2.10. The van der Waals surface area contributed by atoms with Crippen molar-refractivity contribution in [2.24, 2.45) is 0 Å². The Bertz CT molecular complexity index is 441. The van der Waals surface area contributed by atoms with Gasteiger partial charge in [0.25, 0.3) is 0 Å². The molecule has 17 heavy (non-hydrogen) atoms. The van der Waals surface area contributed by atoms with Crippen molar-refractivity contribution in [3.63, 3.8) is 0 Å². The third kappa shape index (κ3) is 5.57. The highest BCUT2D eigenvalue weighted by atomic mass is 32.2. The van der Waals surface area contributed by atoms with E-state index in [0.717, 1.165) is 16.2 Å². The lowest BCUT2D eigenvalue weighted by molar-refractivity contribution is 0.281. The molecular weight excluding hydrogens is 256 g/mol.